The highest BCUT2D eigenvalue weighted by molar-refractivity contribution is 5.71. The van der Waals surface area contributed by atoms with E-state index in [0.29, 0.717) is 19.4 Å². The Kier molecular flexibility index (Phi) is 4.76. The molecule has 5 nitrogen and oxygen atoms in total. The first-order valence-electron chi connectivity index (χ1n) is 3.61. The van der Waals surface area contributed by atoms with E-state index in [4.69, 9.17) is 10.2 Å². The Bertz CT molecular complexity index is 129. The summed E-state index contributed by atoms with van der Waals surface area (Å²) < 4.78 is 0. The van der Waals surface area contributed by atoms with E-state index in [0.717, 1.165) is 0 Å². The molecule has 0 aliphatic heterocycles. The fraction of sp³-hybridized carbons (Fsp3) is 0.833. The van der Waals surface area contributed by atoms with Gasteiger partial charge in [-0.3, -0.25) is 0 Å². The summed E-state index contributed by atoms with van der Waals surface area (Å²) in [6, 6.07) is -0.615. The zero-order valence-electron chi connectivity index (χ0n) is 6.49. The van der Waals surface area contributed by atoms with Crippen LogP contribution in [-0.4, -0.2) is 34.9 Å². The smallest absolute Gasteiger partial charge is 0.362 e. The van der Waals surface area contributed by atoms with Crippen molar-refractivity contribution in [3.05, 3.63) is 0 Å². The van der Waals surface area contributed by atoms with E-state index in [9.17, 15) is 4.79 Å². The summed E-state index contributed by atoms with van der Waals surface area (Å²) in [6.07, 6.45) is 0.384. The number of aliphatic hydroxyl groups excluding tert-OH is 1. The predicted molar refractivity (Wildman–Crippen MR) is 37.3 cm³/mol. The fourth-order valence-corrected chi connectivity index (χ4v) is 0.661. The third-order valence-corrected chi connectivity index (χ3v) is 1.53. The van der Waals surface area contributed by atoms with Crippen molar-refractivity contribution in [3.8, 4) is 0 Å². The molecule has 66 valence electrons. The maximum Gasteiger partial charge on any atom is 0.362 e. The van der Waals surface area contributed by atoms with Gasteiger partial charge in [0.2, 0.25) is 0 Å². The van der Waals surface area contributed by atoms with Gasteiger partial charge in [-0.1, -0.05) is 0 Å². The first-order valence-corrected chi connectivity index (χ1v) is 3.61. The molecule has 0 amide bonds. The van der Waals surface area contributed by atoms with Crippen molar-refractivity contribution in [1.82, 2.24) is 0 Å². The average molecular weight is 164 g/mol. The minimum Gasteiger partial charge on any atom is -0.477 e. The third-order valence-electron chi connectivity index (χ3n) is 1.53. The minimum absolute atomic E-state index is 0.409. The van der Waals surface area contributed by atoms with Crippen LogP contribution in [0.1, 0.15) is 12.8 Å². The van der Waals surface area contributed by atoms with Crippen LogP contribution in [0.15, 0.2) is 0 Å². The van der Waals surface area contributed by atoms with Crippen LogP contribution in [-0.2, 0) is 4.79 Å². The Morgan fingerprint density at radius 1 is 1.45 bits per heavy atom. The summed E-state index contributed by atoms with van der Waals surface area (Å²) >= 11 is 0. The molecule has 0 heterocycles. The summed E-state index contributed by atoms with van der Waals surface area (Å²) in [5.74, 6) is -0.915. The lowest BCUT2D eigenvalue weighted by molar-refractivity contribution is -0.411. The van der Waals surface area contributed by atoms with Gasteiger partial charge in [0.15, 0.2) is 6.04 Å². The lowest BCUT2D eigenvalue weighted by Gasteiger charge is -2.05. The molecule has 0 saturated heterocycles. The highest BCUT2D eigenvalue weighted by atomic mass is 16.4. The van der Waals surface area contributed by atoms with Crippen molar-refractivity contribution >= 4 is 5.97 Å². The lowest BCUT2D eigenvalue weighted by Crippen LogP contribution is -2.65. The first kappa shape index (κ1) is 10.3. The maximum absolute atomic E-state index is 10.2. The summed E-state index contributed by atoms with van der Waals surface area (Å²) in [7, 11) is 0. The summed E-state index contributed by atoms with van der Waals surface area (Å²) in [4.78, 5) is 10.2. The highest BCUT2D eigenvalue weighted by Crippen LogP contribution is 1.96. The molecule has 0 spiro atoms. The van der Waals surface area contributed by atoms with Gasteiger partial charge in [0, 0.05) is 6.42 Å². The molecule has 2 atom stereocenters. The molecule has 2 unspecified atom stereocenters. The van der Waals surface area contributed by atoms with Gasteiger partial charge in [-0.15, -0.1) is 0 Å². The number of rotatable bonds is 5. The van der Waals surface area contributed by atoms with Crippen molar-refractivity contribution in [2.24, 2.45) is 0 Å². The zero-order valence-corrected chi connectivity index (χ0v) is 6.49. The normalized spacial score (nSPS) is 15.9. The number of aliphatic hydroxyl groups is 1. The molecule has 0 bridgehead atoms. The second-order valence-corrected chi connectivity index (χ2v) is 2.56. The van der Waals surface area contributed by atoms with Gasteiger partial charge in [0.25, 0.3) is 0 Å². The van der Waals surface area contributed by atoms with Crippen molar-refractivity contribution in [3.63, 3.8) is 0 Å². The average Bonchev–Trinajstić information content (AvgIpc) is 1.99. The molecule has 5 heteroatoms. The molecule has 8 N–H and O–H groups in total. The van der Waals surface area contributed by atoms with Crippen LogP contribution in [0, 0.1) is 0 Å². The van der Waals surface area contributed by atoms with Crippen molar-refractivity contribution < 1.29 is 26.5 Å². The molecule has 0 rings (SSSR count). The third kappa shape index (κ3) is 4.72. The van der Waals surface area contributed by atoms with Crippen LogP contribution in [0.4, 0.5) is 0 Å². The number of aliphatic carboxylic acids is 1. The van der Waals surface area contributed by atoms with Crippen LogP contribution in [0.3, 0.4) is 0 Å². The van der Waals surface area contributed by atoms with E-state index in [1.807, 2.05) is 0 Å². The summed E-state index contributed by atoms with van der Waals surface area (Å²) in [6.45, 7) is 0.423. The number of hydrogen-bond acceptors (Lipinski definition) is 2. The molecule has 0 radical (unpaired) electrons. The monoisotopic (exact) mass is 164 g/mol. The SMILES string of the molecule is [NH3+]CC(O)CCC([NH3+])C(=O)O. The zero-order chi connectivity index (χ0) is 8.85. The summed E-state index contributed by atoms with van der Waals surface area (Å²) in [5, 5.41) is 17.4. The molecule has 0 aromatic rings. The predicted octanol–water partition coefficient (Wildman–Crippen LogP) is -2.94. The molecule has 0 aliphatic rings. The van der Waals surface area contributed by atoms with E-state index < -0.39 is 18.1 Å². The van der Waals surface area contributed by atoms with Crippen molar-refractivity contribution in [1.29, 1.82) is 0 Å². The van der Waals surface area contributed by atoms with E-state index >= 15 is 0 Å². The van der Waals surface area contributed by atoms with Gasteiger partial charge < -0.3 is 21.7 Å². The lowest BCUT2D eigenvalue weighted by atomic mass is 10.1. The molecule has 0 aliphatic carbocycles. The number of carboxylic acids is 1. The Labute approximate surface area is 65.0 Å². The molecule has 11 heavy (non-hydrogen) atoms. The second-order valence-electron chi connectivity index (χ2n) is 2.56. The van der Waals surface area contributed by atoms with Crippen LogP contribution >= 0.6 is 0 Å². The van der Waals surface area contributed by atoms with E-state index in [1.54, 1.807) is 0 Å². The second kappa shape index (κ2) is 5.06. The van der Waals surface area contributed by atoms with Crippen LogP contribution in [0.2, 0.25) is 0 Å². The van der Waals surface area contributed by atoms with Crippen LogP contribution in [0.5, 0.6) is 0 Å². The van der Waals surface area contributed by atoms with Gasteiger partial charge in [0.1, 0.15) is 12.6 Å². The highest BCUT2D eigenvalue weighted by Gasteiger charge is 2.16. The number of quaternary nitrogens is 2. The minimum atomic E-state index is -0.915. The first-order chi connectivity index (χ1) is 5.07. The fourth-order valence-electron chi connectivity index (χ4n) is 0.661. The van der Waals surface area contributed by atoms with Crippen molar-refractivity contribution in [2.45, 2.75) is 25.0 Å². The van der Waals surface area contributed by atoms with Crippen LogP contribution < -0.4 is 11.5 Å². The Hall–Kier alpha value is -0.650. The van der Waals surface area contributed by atoms with Gasteiger partial charge in [-0.25, -0.2) is 4.79 Å². The Balaban J connectivity index is 3.45. The molecular weight excluding hydrogens is 148 g/mol. The molecule has 0 fully saturated rings. The maximum atomic E-state index is 10.2. The van der Waals surface area contributed by atoms with Crippen LogP contribution in [0.25, 0.3) is 0 Å². The standard InChI is InChI=1S/C6H14N2O3/c7-3-4(9)1-2-5(8)6(10)11/h4-5,9H,1-3,7-8H2,(H,10,11)/p+2. The van der Waals surface area contributed by atoms with Gasteiger partial charge in [0.05, 0.1) is 0 Å². The van der Waals surface area contributed by atoms with E-state index in [1.165, 1.54) is 0 Å². The van der Waals surface area contributed by atoms with Gasteiger partial charge in [-0.05, 0) is 6.42 Å². The molecule has 0 aromatic heterocycles. The van der Waals surface area contributed by atoms with Gasteiger partial charge >= 0.3 is 5.97 Å². The Morgan fingerprint density at radius 3 is 2.36 bits per heavy atom. The topological polar surface area (TPSA) is 113 Å². The van der Waals surface area contributed by atoms with E-state index in [-0.39, 0.29) is 0 Å². The largest absolute Gasteiger partial charge is 0.477 e. The van der Waals surface area contributed by atoms with E-state index in [2.05, 4.69) is 11.5 Å². The van der Waals surface area contributed by atoms with Crippen molar-refractivity contribution in [2.75, 3.05) is 6.54 Å². The quantitative estimate of drug-likeness (QED) is 0.348. The Morgan fingerprint density at radius 2 is 2.00 bits per heavy atom. The van der Waals surface area contributed by atoms with Gasteiger partial charge in [-0.2, -0.15) is 0 Å². The molecule has 0 aromatic carbocycles. The molecule has 0 saturated carbocycles. The number of carboxylic acid groups (broad SMARTS) is 1. The molecular formula is C6H16N2O3+2. The number of carbonyl (C=O) groups is 1. The number of hydrogen-bond donors (Lipinski definition) is 4. The summed E-state index contributed by atoms with van der Waals surface area (Å²) in [5.41, 5.74) is 6.90.